The van der Waals surface area contributed by atoms with E-state index >= 15 is 0 Å². The first-order valence-corrected chi connectivity index (χ1v) is 5.66. The monoisotopic (exact) mass is 287 g/mol. The zero-order valence-electron chi connectivity index (χ0n) is 9.53. The van der Waals surface area contributed by atoms with Crippen LogP contribution >= 0.6 is 11.6 Å². The Kier molecular flexibility index (Phi) is 4.11. The second-order valence-corrected chi connectivity index (χ2v) is 4.00. The van der Waals surface area contributed by atoms with Crippen molar-refractivity contribution in [1.82, 2.24) is 5.16 Å². The minimum absolute atomic E-state index is 0.104. The van der Waals surface area contributed by atoms with Crippen LogP contribution in [0.15, 0.2) is 22.7 Å². The third-order valence-electron chi connectivity index (χ3n) is 2.41. The Morgan fingerprint density at radius 3 is 2.84 bits per heavy atom. The first-order chi connectivity index (χ1) is 9.13. The lowest BCUT2D eigenvalue weighted by Crippen LogP contribution is -1.97. The molecule has 1 aromatic carbocycles. The molecule has 2 aromatic rings. The van der Waals surface area contributed by atoms with Gasteiger partial charge in [-0.25, -0.2) is 8.78 Å². The van der Waals surface area contributed by atoms with Gasteiger partial charge in [-0.3, -0.25) is 4.79 Å². The van der Waals surface area contributed by atoms with Gasteiger partial charge in [-0.15, -0.1) is 0 Å². The molecule has 0 aliphatic heterocycles. The van der Waals surface area contributed by atoms with Crippen molar-refractivity contribution in [2.24, 2.45) is 0 Å². The number of carbonyl (C=O) groups is 1. The summed E-state index contributed by atoms with van der Waals surface area (Å²) in [5, 5.41) is 3.88. The van der Waals surface area contributed by atoms with Gasteiger partial charge in [-0.05, 0) is 18.2 Å². The average Bonchev–Trinajstić information content (AvgIpc) is 2.75. The van der Waals surface area contributed by atoms with Crippen LogP contribution in [0.4, 0.5) is 8.78 Å². The molecule has 2 rings (SSSR count). The van der Waals surface area contributed by atoms with Crippen molar-refractivity contribution in [2.75, 3.05) is 6.61 Å². The molecule has 19 heavy (non-hydrogen) atoms. The minimum atomic E-state index is -1.00. The lowest BCUT2D eigenvalue weighted by molar-refractivity contribution is -0.128. The van der Waals surface area contributed by atoms with E-state index < -0.39 is 11.6 Å². The number of nitrogens with zero attached hydrogens (tertiary/aromatic N) is 1. The molecule has 1 heterocycles. The van der Waals surface area contributed by atoms with Crippen molar-refractivity contribution in [3.63, 3.8) is 0 Å². The smallest absolute Gasteiger partial charge is 0.293 e. The molecular weight excluding hydrogens is 280 g/mol. The fourth-order valence-electron chi connectivity index (χ4n) is 1.49. The number of ether oxygens (including phenoxy) is 1. The number of hydrogen-bond donors (Lipinski definition) is 0. The third-order valence-corrected chi connectivity index (χ3v) is 2.80. The van der Waals surface area contributed by atoms with Crippen LogP contribution in [0.3, 0.4) is 0 Å². The van der Waals surface area contributed by atoms with E-state index in [4.69, 9.17) is 16.1 Å². The first-order valence-electron chi connectivity index (χ1n) is 5.28. The van der Waals surface area contributed by atoms with E-state index in [1.807, 2.05) is 0 Å². The maximum atomic E-state index is 13.1. The molecular formula is C12H8ClF2NO3. The highest BCUT2D eigenvalue weighted by molar-refractivity contribution is 6.33. The zero-order valence-corrected chi connectivity index (χ0v) is 10.3. The first kappa shape index (κ1) is 13.5. The van der Waals surface area contributed by atoms with Gasteiger partial charge in [0.2, 0.25) is 0 Å². The van der Waals surface area contributed by atoms with E-state index in [1.54, 1.807) is 0 Å². The highest BCUT2D eigenvalue weighted by atomic mass is 35.5. The molecule has 0 amide bonds. The standard InChI is InChI=1S/C12H8ClF2NO3/c13-11-10(3-4-18-6-17)16-19-12(11)7-1-2-8(14)9(15)5-7/h1-2,5-6H,3-4H2. The number of carbonyl (C=O) groups excluding carboxylic acids is 1. The Bertz CT molecular complexity index is 601. The molecule has 0 unspecified atom stereocenters. The summed E-state index contributed by atoms with van der Waals surface area (Å²) in [6.07, 6.45) is 0.269. The number of rotatable bonds is 5. The van der Waals surface area contributed by atoms with Crippen molar-refractivity contribution < 1.29 is 22.8 Å². The predicted molar refractivity (Wildman–Crippen MR) is 62.6 cm³/mol. The number of benzene rings is 1. The van der Waals surface area contributed by atoms with Gasteiger partial charge in [0.05, 0.1) is 6.61 Å². The maximum absolute atomic E-state index is 13.1. The van der Waals surface area contributed by atoms with Gasteiger partial charge >= 0.3 is 0 Å². The van der Waals surface area contributed by atoms with Gasteiger partial charge in [-0.1, -0.05) is 16.8 Å². The van der Waals surface area contributed by atoms with Crippen molar-refractivity contribution in [1.29, 1.82) is 0 Å². The predicted octanol–water partition coefficient (Wildman–Crippen LogP) is 2.99. The summed E-state index contributed by atoms with van der Waals surface area (Å²) in [5.41, 5.74) is 0.655. The Labute approximate surface area is 111 Å². The molecule has 7 heteroatoms. The Hall–Kier alpha value is -1.95. The minimum Gasteiger partial charge on any atom is -0.467 e. The van der Waals surface area contributed by atoms with Crippen LogP contribution in [0.5, 0.6) is 0 Å². The fraction of sp³-hybridized carbons (Fsp3) is 0.167. The molecule has 4 nitrogen and oxygen atoms in total. The van der Waals surface area contributed by atoms with E-state index in [9.17, 15) is 13.6 Å². The average molecular weight is 288 g/mol. The van der Waals surface area contributed by atoms with Crippen LogP contribution in [0.1, 0.15) is 5.69 Å². The molecule has 0 saturated carbocycles. The highest BCUT2D eigenvalue weighted by Gasteiger charge is 2.17. The van der Waals surface area contributed by atoms with Gasteiger partial charge < -0.3 is 9.26 Å². The van der Waals surface area contributed by atoms with E-state index in [0.717, 1.165) is 12.1 Å². The van der Waals surface area contributed by atoms with Gasteiger partial charge in [0.25, 0.3) is 6.47 Å². The van der Waals surface area contributed by atoms with Gasteiger partial charge in [-0.2, -0.15) is 0 Å². The van der Waals surface area contributed by atoms with Crippen molar-refractivity contribution in [2.45, 2.75) is 6.42 Å². The second kappa shape index (κ2) is 5.79. The van der Waals surface area contributed by atoms with Crippen LogP contribution in [-0.2, 0) is 16.0 Å². The van der Waals surface area contributed by atoms with Gasteiger partial charge in [0.1, 0.15) is 10.7 Å². The topological polar surface area (TPSA) is 52.3 Å². The number of halogens is 3. The zero-order chi connectivity index (χ0) is 13.8. The summed E-state index contributed by atoms with van der Waals surface area (Å²) < 4.78 is 35.4. The van der Waals surface area contributed by atoms with Crippen molar-refractivity contribution >= 4 is 18.1 Å². The Balaban J connectivity index is 2.25. The normalized spacial score (nSPS) is 10.5. The summed E-state index contributed by atoms with van der Waals surface area (Å²) in [6, 6.07) is 3.27. The largest absolute Gasteiger partial charge is 0.467 e. The van der Waals surface area contributed by atoms with Crippen LogP contribution in [0.25, 0.3) is 11.3 Å². The summed E-state index contributed by atoms with van der Waals surface area (Å²) in [4.78, 5) is 10.00. The Morgan fingerprint density at radius 2 is 2.16 bits per heavy atom. The van der Waals surface area contributed by atoms with Crippen LogP contribution in [-0.4, -0.2) is 18.2 Å². The summed E-state index contributed by atoms with van der Waals surface area (Å²) in [6.45, 7) is 0.414. The summed E-state index contributed by atoms with van der Waals surface area (Å²) in [5.74, 6) is -1.82. The molecule has 100 valence electrons. The van der Waals surface area contributed by atoms with Crippen molar-refractivity contribution in [3.8, 4) is 11.3 Å². The van der Waals surface area contributed by atoms with E-state index in [2.05, 4.69) is 9.89 Å². The Morgan fingerprint density at radius 1 is 1.37 bits per heavy atom. The molecule has 1 aromatic heterocycles. The van der Waals surface area contributed by atoms with Gasteiger partial charge in [0.15, 0.2) is 17.4 Å². The third kappa shape index (κ3) is 2.90. The quantitative estimate of drug-likeness (QED) is 0.626. The van der Waals surface area contributed by atoms with Crippen LogP contribution in [0.2, 0.25) is 5.02 Å². The lowest BCUT2D eigenvalue weighted by Gasteiger charge is -1.98. The highest BCUT2D eigenvalue weighted by Crippen LogP contribution is 2.31. The number of hydrogen-bond acceptors (Lipinski definition) is 4. The molecule has 0 spiro atoms. The molecule has 0 aliphatic rings. The molecule has 0 aliphatic carbocycles. The van der Waals surface area contributed by atoms with E-state index in [0.29, 0.717) is 12.2 Å². The van der Waals surface area contributed by atoms with E-state index in [1.165, 1.54) is 6.07 Å². The van der Waals surface area contributed by atoms with Gasteiger partial charge in [0, 0.05) is 12.0 Å². The number of aromatic nitrogens is 1. The molecule has 0 atom stereocenters. The van der Waals surface area contributed by atoms with E-state index in [-0.39, 0.29) is 29.4 Å². The summed E-state index contributed by atoms with van der Waals surface area (Å²) in [7, 11) is 0. The molecule has 0 fully saturated rings. The SMILES string of the molecule is O=COCCc1noc(-c2ccc(F)c(F)c2)c1Cl. The van der Waals surface area contributed by atoms with Crippen molar-refractivity contribution in [3.05, 3.63) is 40.6 Å². The molecule has 0 N–H and O–H groups in total. The van der Waals surface area contributed by atoms with Crippen LogP contribution < -0.4 is 0 Å². The fourth-order valence-corrected chi connectivity index (χ4v) is 1.76. The lowest BCUT2D eigenvalue weighted by atomic mass is 10.1. The molecule has 0 saturated heterocycles. The molecule has 0 radical (unpaired) electrons. The molecule has 0 bridgehead atoms. The summed E-state index contributed by atoms with van der Waals surface area (Å²) >= 11 is 6.01. The maximum Gasteiger partial charge on any atom is 0.293 e. The van der Waals surface area contributed by atoms with Crippen LogP contribution in [0, 0.1) is 11.6 Å². The second-order valence-electron chi connectivity index (χ2n) is 3.62.